The normalized spacial score (nSPS) is 17.6. The Hall–Kier alpha value is -2.65. The first kappa shape index (κ1) is 18.7. The lowest BCUT2D eigenvalue weighted by Gasteiger charge is -2.18. The summed E-state index contributed by atoms with van der Waals surface area (Å²) in [7, 11) is 1.63. The predicted molar refractivity (Wildman–Crippen MR) is 113 cm³/mol. The first-order valence-electron chi connectivity index (χ1n) is 10.3. The van der Waals surface area contributed by atoms with Gasteiger partial charge in [0.2, 0.25) is 0 Å². The summed E-state index contributed by atoms with van der Waals surface area (Å²) in [6.07, 6.45) is 10.0. The molecule has 1 saturated heterocycles. The van der Waals surface area contributed by atoms with Gasteiger partial charge in [-0.15, -0.1) is 0 Å². The van der Waals surface area contributed by atoms with Crippen molar-refractivity contribution in [3.63, 3.8) is 0 Å². The van der Waals surface area contributed by atoms with Crippen LogP contribution in [0.2, 0.25) is 0 Å². The van der Waals surface area contributed by atoms with Gasteiger partial charge in [0.15, 0.2) is 5.78 Å². The molecule has 1 aliphatic carbocycles. The van der Waals surface area contributed by atoms with Crippen LogP contribution in [0.1, 0.15) is 47.2 Å². The number of carbonyl (C=O) groups is 1. The summed E-state index contributed by atoms with van der Waals surface area (Å²) in [5.74, 6) is 0.796. The quantitative estimate of drug-likeness (QED) is 0.636. The number of allylic oxidation sites excluding steroid dienone is 4. The van der Waals surface area contributed by atoms with E-state index in [0.717, 1.165) is 12.2 Å². The molecule has 2 aliphatic rings. The highest BCUT2D eigenvalue weighted by molar-refractivity contribution is 6.06. The molecule has 0 saturated carbocycles. The van der Waals surface area contributed by atoms with Crippen molar-refractivity contribution in [3.8, 4) is 5.75 Å². The molecule has 4 rings (SSSR count). The highest BCUT2D eigenvalue weighted by Gasteiger charge is 2.28. The second-order valence-electron chi connectivity index (χ2n) is 7.67. The highest BCUT2D eigenvalue weighted by atomic mass is 16.5. The largest absolute Gasteiger partial charge is 0.497 e. The molecule has 1 N–H and O–H groups in total. The molecule has 1 aliphatic heterocycles. The summed E-state index contributed by atoms with van der Waals surface area (Å²) in [5, 5.41) is 0. The third-order valence-corrected chi connectivity index (χ3v) is 5.91. The highest BCUT2D eigenvalue weighted by Crippen LogP contribution is 2.31. The van der Waals surface area contributed by atoms with Crippen molar-refractivity contribution in [3.05, 3.63) is 83.1 Å². The molecule has 0 bridgehead atoms. The standard InChI is InChI=1S/C25H27NO2/c1-28-21-12-10-19(11-13-21)25(27)15-14-23-22-9-5-4-8-20(22)18-24(23)26-16-6-2-3-7-17-26/h4-5,8-15H,2-3,6-7,16-18H2,1H3/p+1/b15-14+. The molecule has 0 amide bonds. The Morgan fingerprint density at radius 1 is 0.964 bits per heavy atom. The number of benzene rings is 2. The number of nitrogens with one attached hydrogen (secondary N) is 1. The molecule has 0 unspecified atom stereocenters. The minimum absolute atomic E-state index is 0.0322. The van der Waals surface area contributed by atoms with Crippen molar-refractivity contribution in [2.75, 3.05) is 20.2 Å². The van der Waals surface area contributed by atoms with Crippen molar-refractivity contribution in [1.82, 2.24) is 0 Å². The van der Waals surface area contributed by atoms with Gasteiger partial charge in [-0.25, -0.2) is 0 Å². The molecule has 0 aromatic heterocycles. The molecule has 0 atom stereocenters. The average Bonchev–Trinajstić information content (AvgIpc) is 2.90. The van der Waals surface area contributed by atoms with E-state index in [4.69, 9.17) is 4.74 Å². The predicted octanol–water partition coefficient (Wildman–Crippen LogP) is 3.86. The monoisotopic (exact) mass is 374 g/mol. The minimum Gasteiger partial charge on any atom is -0.497 e. The van der Waals surface area contributed by atoms with Gasteiger partial charge in [-0.2, -0.15) is 0 Å². The number of fused-ring (bicyclic) bond motifs is 1. The van der Waals surface area contributed by atoms with E-state index >= 15 is 0 Å². The van der Waals surface area contributed by atoms with E-state index in [-0.39, 0.29) is 5.78 Å². The van der Waals surface area contributed by atoms with Crippen molar-refractivity contribution < 1.29 is 14.4 Å². The van der Waals surface area contributed by atoms with Crippen LogP contribution in [0.25, 0.3) is 5.57 Å². The van der Waals surface area contributed by atoms with Crippen LogP contribution in [0.3, 0.4) is 0 Å². The van der Waals surface area contributed by atoms with Gasteiger partial charge in [0.05, 0.1) is 20.2 Å². The van der Waals surface area contributed by atoms with Crippen LogP contribution in [0.15, 0.2) is 66.4 Å². The first-order chi connectivity index (χ1) is 13.8. The van der Waals surface area contributed by atoms with Crippen LogP contribution < -0.4 is 9.64 Å². The summed E-state index contributed by atoms with van der Waals surface area (Å²) in [6, 6.07) is 15.9. The van der Waals surface area contributed by atoms with E-state index < -0.39 is 0 Å². The molecule has 2 aromatic carbocycles. The fourth-order valence-corrected chi connectivity index (χ4v) is 4.36. The van der Waals surface area contributed by atoms with Gasteiger partial charge in [0.25, 0.3) is 0 Å². The smallest absolute Gasteiger partial charge is 0.185 e. The maximum Gasteiger partial charge on any atom is 0.185 e. The number of hydrogen-bond acceptors (Lipinski definition) is 2. The molecule has 28 heavy (non-hydrogen) atoms. The fraction of sp³-hybridized carbons (Fsp3) is 0.320. The van der Waals surface area contributed by atoms with E-state index in [1.807, 2.05) is 30.3 Å². The van der Waals surface area contributed by atoms with Gasteiger partial charge in [-0.1, -0.05) is 24.3 Å². The second kappa shape index (κ2) is 8.57. The van der Waals surface area contributed by atoms with E-state index in [9.17, 15) is 4.79 Å². The first-order valence-corrected chi connectivity index (χ1v) is 10.3. The van der Waals surface area contributed by atoms with E-state index in [1.54, 1.807) is 18.1 Å². The third-order valence-electron chi connectivity index (χ3n) is 5.91. The zero-order chi connectivity index (χ0) is 19.3. The number of ether oxygens (including phenoxy) is 1. The number of carbonyl (C=O) groups excluding carboxylic acids is 1. The third kappa shape index (κ3) is 3.95. The number of quaternary nitrogens is 1. The van der Waals surface area contributed by atoms with Crippen molar-refractivity contribution in [2.24, 2.45) is 0 Å². The van der Waals surface area contributed by atoms with Crippen LogP contribution in [0.4, 0.5) is 0 Å². The van der Waals surface area contributed by atoms with Crippen LogP contribution in [-0.4, -0.2) is 26.0 Å². The van der Waals surface area contributed by atoms with Crippen LogP contribution in [0.5, 0.6) is 5.75 Å². The van der Waals surface area contributed by atoms with Crippen molar-refractivity contribution in [2.45, 2.75) is 32.1 Å². The Morgan fingerprint density at radius 2 is 1.68 bits per heavy atom. The Morgan fingerprint density at radius 3 is 2.39 bits per heavy atom. The number of rotatable bonds is 5. The molecular formula is C25H28NO2+. The summed E-state index contributed by atoms with van der Waals surface area (Å²) in [4.78, 5) is 14.3. The van der Waals surface area contributed by atoms with E-state index in [0.29, 0.717) is 5.56 Å². The fourth-order valence-electron chi connectivity index (χ4n) is 4.36. The van der Waals surface area contributed by atoms with Gasteiger partial charge >= 0.3 is 0 Å². The van der Waals surface area contributed by atoms with Crippen molar-refractivity contribution in [1.29, 1.82) is 0 Å². The van der Waals surface area contributed by atoms with Crippen LogP contribution in [0, 0.1) is 0 Å². The van der Waals surface area contributed by atoms with E-state index in [1.165, 1.54) is 61.2 Å². The van der Waals surface area contributed by atoms with Crippen LogP contribution in [-0.2, 0) is 6.42 Å². The summed E-state index contributed by atoms with van der Waals surface area (Å²) in [5.41, 5.74) is 6.06. The van der Waals surface area contributed by atoms with E-state index in [2.05, 4.69) is 24.3 Å². The Bertz CT molecular complexity index is 900. The minimum atomic E-state index is 0.0322. The molecule has 1 fully saturated rings. The lowest BCUT2D eigenvalue weighted by molar-refractivity contribution is -0.860. The van der Waals surface area contributed by atoms with Crippen molar-refractivity contribution >= 4 is 11.4 Å². The maximum atomic E-state index is 12.7. The zero-order valence-electron chi connectivity index (χ0n) is 16.5. The van der Waals surface area contributed by atoms with Gasteiger partial charge < -0.3 is 9.64 Å². The lowest BCUT2D eigenvalue weighted by Crippen LogP contribution is -3.10. The number of likely N-dealkylation sites (tertiary alicyclic amines) is 1. The SMILES string of the molecule is COc1ccc(C(=O)/C=C/C2=C([NH+]3CCCCCC3)Cc3ccccc32)cc1. The zero-order valence-corrected chi connectivity index (χ0v) is 16.5. The molecular weight excluding hydrogens is 346 g/mol. The number of methoxy groups -OCH3 is 1. The van der Waals surface area contributed by atoms with Gasteiger partial charge in [0.1, 0.15) is 11.4 Å². The number of ketones is 1. The molecule has 3 nitrogen and oxygen atoms in total. The molecule has 2 aromatic rings. The molecule has 0 radical (unpaired) electrons. The Kier molecular flexibility index (Phi) is 5.73. The summed E-state index contributed by atoms with van der Waals surface area (Å²) in [6.45, 7) is 2.40. The summed E-state index contributed by atoms with van der Waals surface area (Å²) < 4.78 is 5.18. The molecule has 144 valence electrons. The molecule has 3 heteroatoms. The van der Waals surface area contributed by atoms with Gasteiger partial charge in [-0.05, 0) is 73.2 Å². The Balaban J connectivity index is 1.63. The lowest BCUT2D eigenvalue weighted by atomic mass is 10.0. The molecule has 0 spiro atoms. The topological polar surface area (TPSA) is 30.7 Å². The Labute approximate surface area is 167 Å². The summed E-state index contributed by atoms with van der Waals surface area (Å²) >= 11 is 0. The molecule has 1 heterocycles. The van der Waals surface area contributed by atoms with Gasteiger partial charge in [0, 0.05) is 17.6 Å². The second-order valence-corrected chi connectivity index (χ2v) is 7.67. The van der Waals surface area contributed by atoms with Crippen LogP contribution >= 0.6 is 0 Å². The average molecular weight is 375 g/mol. The number of hydrogen-bond donors (Lipinski definition) is 1. The maximum absolute atomic E-state index is 12.7. The van der Waals surface area contributed by atoms with Gasteiger partial charge in [-0.3, -0.25) is 4.79 Å².